The van der Waals surface area contributed by atoms with Crippen molar-refractivity contribution in [1.29, 1.82) is 0 Å². The van der Waals surface area contributed by atoms with E-state index in [0.717, 1.165) is 38.3 Å². The number of carbonyl (C=O) groups is 1. The van der Waals surface area contributed by atoms with E-state index in [4.69, 9.17) is 5.73 Å². The van der Waals surface area contributed by atoms with E-state index in [9.17, 15) is 4.79 Å². The Morgan fingerprint density at radius 2 is 2.12 bits per heavy atom. The predicted molar refractivity (Wildman–Crippen MR) is 74.3 cm³/mol. The van der Waals surface area contributed by atoms with Crippen LogP contribution in [0, 0.1) is 11.8 Å². The second kappa shape index (κ2) is 7.93. The highest BCUT2D eigenvalue weighted by Crippen LogP contribution is 2.23. The van der Waals surface area contributed by atoms with Gasteiger partial charge in [-0.3, -0.25) is 4.79 Å². The first-order valence-corrected chi connectivity index (χ1v) is 6.59. The number of hydrogen-bond acceptors (Lipinski definition) is 2. The maximum atomic E-state index is 12.0. The van der Waals surface area contributed by atoms with Crippen LogP contribution in [0.2, 0.25) is 0 Å². The molecular weight excluding hydrogens is 236 g/mol. The van der Waals surface area contributed by atoms with E-state index in [1.54, 1.807) is 0 Å². The van der Waals surface area contributed by atoms with Crippen LogP contribution in [0.25, 0.3) is 0 Å². The Bertz CT molecular complexity index is 233. The van der Waals surface area contributed by atoms with Gasteiger partial charge in [-0.05, 0) is 31.1 Å². The lowest BCUT2D eigenvalue weighted by Gasteiger charge is -2.21. The quantitative estimate of drug-likeness (QED) is 0.827. The first-order chi connectivity index (χ1) is 7.54. The molecule has 3 nitrogen and oxygen atoms in total. The van der Waals surface area contributed by atoms with Crippen LogP contribution < -0.4 is 5.73 Å². The highest BCUT2D eigenvalue weighted by Gasteiger charge is 2.28. The van der Waals surface area contributed by atoms with E-state index >= 15 is 0 Å². The summed E-state index contributed by atoms with van der Waals surface area (Å²) in [6.07, 6.45) is 4.18. The summed E-state index contributed by atoms with van der Waals surface area (Å²) >= 11 is 0. The molecule has 0 aromatic heterocycles. The molecule has 1 saturated heterocycles. The Balaban J connectivity index is 0.00000256. The smallest absolute Gasteiger partial charge is 0.239 e. The Labute approximate surface area is 112 Å². The minimum Gasteiger partial charge on any atom is -0.341 e. The molecule has 2 N–H and O–H groups in total. The van der Waals surface area contributed by atoms with Crippen LogP contribution in [-0.2, 0) is 4.79 Å². The summed E-state index contributed by atoms with van der Waals surface area (Å²) in [7, 11) is 0. The van der Waals surface area contributed by atoms with Crippen LogP contribution in [0.1, 0.15) is 46.5 Å². The second-order valence-corrected chi connectivity index (χ2v) is 5.46. The maximum absolute atomic E-state index is 12.0. The van der Waals surface area contributed by atoms with Crippen molar-refractivity contribution in [2.24, 2.45) is 17.6 Å². The largest absolute Gasteiger partial charge is 0.341 e. The zero-order chi connectivity index (χ0) is 12.1. The van der Waals surface area contributed by atoms with Crippen molar-refractivity contribution >= 4 is 18.3 Å². The molecular formula is C13H27ClN2O. The first-order valence-electron chi connectivity index (χ1n) is 6.59. The van der Waals surface area contributed by atoms with Crippen molar-refractivity contribution in [3.05, 3.63) is 0 Å². The number of halogens is 1. The van der Waals surface area contributed by atoms with Gasteiger partial charge >= 0.3 is 0 Å². The van der Waals surface area contributed by atoms with Crippen LogP contribution in [0.5, 0.6) is 0 Å². The summed E-state index contributed by atoms with van der Waals surface area (Å²) in [5.74, 6) is 1.58. The van der Waals surface area contributed by atoms with E-state index in [-0.39, 0.29) is 24.4 Å². The Hall–Kier alpha value is -0.280. The fourth-order valence-electron chi connectivity index (χ4n) is 2.56. The van der Waals surface area contributed by atoms with Crippen molar-refractivity contribution in [2.45, 2.75) is 52.5 Å². The summed E-state index contributed by atoms with van der Waals surface area (Å²) in [6, 6.07) is -0.275. The second-order valence-electron chi connectivity index (χ2n) is 5.46. The Morgan fingerprint density at radius 3 is 2.65 bits per heavy atom. The van der Waals surface area contributed by atoms with Gasteiger partial charge in [0.05, 0.1) is 6.04 Å². The van der Waals surface area contributed by atoms with Crippen molar-refractivity contribution in [3.8, 4) is 0 Å². The lowest BCUT2D eigenvalue weighted by atomic mass is 9.97. The van der Waals surface area contributed by atoms with E-state index in [1.165, 1.54) is 6.42 Å². The van der Waals surface area contributed by atoms with Gasteiger partial charge < -0.3 is 10.6 Å². The molecule has 0 aliphatic carbocycles. The SMILES string of the molecule is CCCC(N)C(=O)N1CCC(CC(C)C)C1.Cl. The average Bonchev–Trinajstić information content (AvgIpc) is 2.64. The van der Waals surface area contributed by atoms with Gasteiger partial charge in [0.25, 0.3) is 0 Å². The van der Waals surface area contributed by atoms with Crippen LogP contribution in [0.4, 0.5) is 0 Å². The number of nitrogens with two attached hydrogens (primary N) is 1. The Kier molecular flexibility index (Phi) is 7.80. The van der Waals surface area contributed by atoms with Crippen LogP contribution in [0.3, 0.4) is 0 Å². The van der Waals surface area contributed by atoms with Crippen LogP contribution in [-0.4, -0.2) is 29.9 Å². The molecule has 0 saturated carbocycles. The molecule has 0 radical (unpaired) electrons. The van der Waals surface area contributed by atoms with Gasteiger partial charge in [0.2, 0.25) is 5.91 Å². The molecule has 4 heteroatoms. The lowest BCUT2D eigenvalue weighted by molar-refractivity contribution is -0.131. The third-order valence-corrected chi connectivity index (χ3v) is 3.32. The van der Waals surface area contributed by atoms with Gasteiger partial charge in [0, 0.05) is 13.1 Å². The van der Waals surface area contributed by atoms with Crippen molar-refractivity contribution in [1.82, 2.24) is 4.90 Å². The van der Waals surface area contributed by atoms with E-state index in [1.807, 2.05) is 4.90 Å². The van der Waals surface area contributed by atoms with E-state index in [2.05, 4.69) is 20.8 Å². The van der Waals surface area contributed by atoms with Gasteiger partial charge in [-0.25, -0.2) is 0 Å². The van der Waals surface area contributed by atoms with Crippen molar-refractivity contribution in [2.75, 3.05) is 13.1 Å². The zero-order valence-electron chi connectivity index (χ0n) is 11.3. The number of amides is 1. The van der Waals surface area contributed by atoms with Crippen molar-refractivity contribution in [3.63, 3.8) is 0 Å². The minimum absolute atomic E-state index is 0. The molecule has 2 unspecified atom stereocenters. The topological polar surface area (TPSA) is 46.3 Å². The fraction of sp³-hybridized carbons (Fsp3) is 0.923. The molecule has 2 atom stereocenters. The molecule has 1 rings (SSSR count). The van der Waals surface area contributed by atoms with E-state index in [0.29, 0.717) is 5.92 Å². The summed E-state index contributed by atoms with van der Waals surface area (Å²) in [5.41, 5.74) is 5.86. The van der Waals surface area contributed by atoms with Gasteiger partial charge in [-0.1, -0.05) is 27.2 Å². The first kappa shape index (κ1) is 16.7. The third kappa shape index (κ3) is 5.26. The van der Waals surface area contributed by atoms with Gasteiger partial charge in [-0.2, -0.15) is 0 Å². The number of hydrogen-bond donors (Lipinski definition) is 1. The summed E-state index contributed by atoms with van der Waals surface area (Å²) in [6.45, 7) is 8.39. The third-order valence-electron chi connectivity index (χ3n) is 3.32. The summed E-state index contributed by atoms with van der Waals surface area (Å²) < 4.78 is 0. The van der Waals surface area contributed by atoms with Crippen LogP contribution in [0.15, 0.2) is 0 Å². The summed E-state index contributed by atoms with van der Waals surface area (Å²) in [5, 5.41) is 0. The monoisotopic (exact) mass is 262 g/mol. The van der Waals surface area contributed by atoms with Gasteiger partial charge in [0.15, 0.2) is 0 Å². The molecule has 1 fully saturated rings. The standard InChI is InChI=1S/C13H26N2O.ClH/c1-4-5-12(14)13(16)15-7-6-11(9-15)8-10(2)3;/h10-12H,4-9,14H2,1-3H3;1H. The summed E-state index contributed by atoms with van der Waals surface area (Å²) in [4.78, 5) is 13.9. The molecule has 0 aromatic carbocycles. The molecule has 0 bridgehead atoms. The number of nitrogens with zero attached hydrogens (tertiary/aromatic N) is 1. The molecule has 17 heavy (non-hydrogen) atoms. The normalized spacial score (nSPS) is 21.5. The molecule has 102 valence electrons. The fourth-order valence-corrected chi connectivity index (χ4v) is 2.56. The number of carbonyl (C=O) groups excluding carboxylic acids is 1. The molecule has 1 heterocycles. The molecule has 0 spiro atoms. The number of rotatable bonds is 5. The molecule has 0 aromatic rings. The van der Waals surface area contributed by atoms with Crippen molar-refractivity contribution < 1.29 is 4.79 Å². The molecule has 1 aliphatic heterocycles. The highest BCUT2D eigenvalue weighted by molar-refractivity contribution is 5.85. The minimum atomic E-state index is -0.275. The molecule has 1 amide bonds. The average molecular weight is 263 g/mol. The van der Waals surface area contributed by atoms with Gasteiger partial charge in [-0.15, -0.1) is 12.4 Å². The predicted octanol–water partition coefficient (Wildman–Crippen LogP) is 2.43. The Morgan fingerprint density at radius 1 is 1.47 bits per heavy atom. The molecule has 1 aliphatic rings. The highest BCUT2D eigenvalue weighted by atomic mass is 35.5. The van der Waals surface area contributed by atoms with Crippen LogP contribution >= 0.6 is 12.4 Å². The maximum Gasteiger partial charge on any atom is 0.239 e. The lowest BCUT2D eigenvalue weighted by Crippen LogP contribution is -2.42. The van der Waals surface area contributed by atoms with E-state index < -0.39 is 0 Å². The van der Waals surface area contributed by atoms with Gasteiger partial charge in [0.1, 0.15) is 0 Å². The number of likely N-dealkylation sites (tertiary alicyclic amines) is 1. The zero-order valence-corrected chi connectivity index (χ0v) is 12.1.